The second-order valence-electron chi connectivity index (χ2n) is 12.3. The molecule has 0 aliphatic carbocycles. The average molecular weight is 740 g/mol. The Morgan fingerprint density at radius 2 is 1.63 bits per heavy atom. The SMILES string of the molecule is COC(=O)C1CCN([C@H]2CCCn3nc(C(=O)Nc4cccc(-c5cccc(Nc6nc(C(F)(F)F)nc7cccnc67)c5Cl)c4Cl)cc32)CC1. The van der Waals surface area contributed by atoms with Gasteiger partial charge in [0.05, 0.1) is 51.7 Å². The molecule has 2 aromatic carbocycles. The Kier molecular flexibility index (Phi) is 9.57. The molecule has 2 aliphatic heterocycles. The topological polar surface area (TPSA) is 127 Å². The van der Waals surface area contributed by atoms with Crippen LogP contribution in [0.1, 0.15) is 53.7 Å². The van der Waals surface area contributed by atoms with Crippen LogP contribution in [0.4, 0.5) is 30.4 Å². The zero-order valence-corrected chi connectivity index (χ0v) is 28.7. The van der Waals surface area contributed by atoms with E-state index in [9.17, 15) is 22.8 Å². The summed E-state index contributed by atoms with van der Waals surface area (Å²) in [5.41, 5.74) is 2.85. The summed E-state index contributed by atoms with van der Waals surface area (Å²) in [6.45, 7) is 2.19. The third-order valence-electron chi connectivity index (χ3n) is 9.23. The van der Waals surface area contributed by atoms with Crippen molar-refractivity contribution in [1.82, 2.24) is 29.6 Å². The van der Waals surface area contributed by atoms with E-state index < -0.39 is 17.9 Å². The number of pyridine rings is 1. The van der Waals surface area contributed by atoms with Crippen molar-refractivity contribution in [3.63, 3.8) is 0 Å². The number of rotatable bonds is 7. The predicted molar refractivity (Wildman–Crippen MR) is 186 cm³/mol. The number of carbonyl (C=O) groups is 2. The van der Waals surface area contributed by atoms with Crippen molar-refractivity contribution >= 4 is 63.3 Å². The molecule has 5 heterocycles. The fourth-order valence-electron chi connectivity index (χ4n) is 6.72. The third-order valence-corrected chi connectivity index (χ3v) is 10.0. The number of piperidine rings is 1. The lowest BCUT2D eigenvalue weighted by molar-refractivity contribution is -0.147. The number of aromatic nitrogens is 5. The van der Waals surface area contributed by atoms with Gasteiger partial charge < -0.3 is 15.4 Å². The van der Waals surface area contributed by atoms with E-state index in [0.717, 1.165) is 44.5 Å². The summed E-state index contributed by atoms with van der Waals surface area (Å²) < 4.78 is 47.7. The minimum absolute atomic E-state index is 0.00967. The van der Waals surface area contributed by atoms with Gasteiger partial charge in [0.2, 0.25) is 5.82 Å². The molecule has 11 nitrogen and oxygen atoms in total. The number of halogens is 5. The Labute approximate surface area is 300 Å². The van der Waals surface area contributed by atoms with Crippen molar-refractivity contribution in [3.05, 3.63) is 88.1 Å². The number of fused-ring (bicyclic) bond motifs is 2. The van der Waals surface area contributed by atoms with Gasteiger partial charge in [0.1, 0.15) is 5.52 Å². The van der Waals surface area contributed by atoms with E-state index in [2.05, 4.69) is 35.6 Å². The molecule has 0 bridgehead atoms. The standard InChI is InChI=1S/C35H31Cl2F3N8O3/c1-51-33(50)19-12-16-47(17-13-19)26-11-5-15-48-27(26)18-25(46-48)32(49)43-23-9-3-7-21(29(23)37)20-6-2-8-22(28(20)36)42-31-30-24(10-4-14-41-30)44-34(45-31)35(38,39)40/h2-4,6-10,14,18-19,26H,5,11-13,15-17H2,1H3,(H,43,49)(H,42,44,45)/t26-/m0/s1. The first-order valence-electron chi connectivity index (χ1n) is 16.3. The van der Waals surface area contributed by atoms with Gasteiger partial charge in [-0.2, -0.15) is 18.3 Å². The van der Waals surface area contributed by atoms with Crippen LogP contribution in [0.3, 0.4) is 0 Å². The number of esters is 1. The highest BCUT2D eigenvalue weighted by molar-refractivity contribution is 6.39. The Morgan fingerprint density at radius 1 is 0.922 bits per heavy atom. The van der Waals surface area contributed by atoms with E-state index in [4.69, 9.17) is 27.9 Å². The van der Waals surface area contributed by atoms with E-state index in [0.29, 0.717) is 23.4 Å². The van der Waals surface area contributed by atoms with Crippen LogP contribution in [0, 0.1) is 5.92 Å². The van der Waals surface area contributed by atoms with Gasteiger partial charge in [0.25, 0.3) is 5.91 Å². The van der Waals surface area contributed by atoms with Gasteiger partial charge in [-0.15, -0.1) is 0 Å². The number of ether oxygens (including phenoxy) is 1. The van der Waals surface area contributed by atoms with Crippen LogP contribution in [-0.2, 0) is 22.3 Å². The summed E-state index contributed by atoms with van der Waals surface area (Å²) in [6, 6.07) is 14.8. The number of likely N-dealkylation sites (tertiary alicyclic amines) is 1. The number of carbonyl (C=O) groups excluding carboxylic acids is 2. The molecule has 5 aromatic rings. The molecule has 2 N–H and O–H groups in total. The van der Waals surface area contributed by atoms with Gasteiger partial charge in [-0.3, -0.25) is 24.2 Å². The van der Waals surface area contributed by atoms with Gasteiger partial charge in [-0.05, 0) is 69.1 Å². The second-order valence-corrected chi connectivity index (χ2v) is 13.1. The number of amides is 1. The van der Waals surface area contributed by atoms with Crippen LogP contribution in [0.15, 0.2) is 60.8 Å². The molecule has 51 heavy (non-hydrogen) atoms. The maximum atomic E-state index is 13.6. The van der Waals surface area contributed by atoms with E-state index in [1.807, 2.05) is 10.7 Å². The summed E-state index contributed by atoms with van der Waals surface area (Å²) in [5.74, 6) is -2.21. The highest BCUT2D eigenvalue weighted by Crippen LogP contribution is 2.42. The molecule has 264 valence electrons. The normalized spacial score (nSPS) is 16.9. The van der Waals surface area contributed by atoms with E-state index >= 15 is 0 Å². The summed E-state index contributed by atoms with van der Waals surface area (Å²) in [7, 11) is 1.41. The zero-order chi connectivity index (χ0) is 35.9. The van der Waals surface area contributed by atoms with Crippen molar-refractivity contribution in [1.29, 1.82) is 0 Å². The van der Waals surface area contributed by atoms with Crippen molar-refractivity contribution < 1.29 is 27.5 Å². The second kappa shape index (κ2) is 14.1. The molecular weight excluding hydrogens is 708 g/mol. The molecule has 1 fully saturated rings. The fourth-order valence-corrected chi connectivity index (χ4v) is 7.27. The smallest absolute Gasteiger partial charge is 0.451 e. The molecule has 1 saturated heterocycles. The maximum Gasteiger partial charge on any atom is 0.451 e. The number of hydrogen-bond donors (Lipinski definition) is 2. The van der Waals surface area contributed by atoms with Crippen molar-refractivity contribution in [3.8, 4) is 11.1 Å². The lowest BCUT2D eigenvalue weighted by atomic mass is 9.93. The largest absolute Gasteiger partial charge is 0.469 e. The van der Waals surface area contributed by atoms with Crippen molar-refractivity contribution in [2.75, 3.05) is 30.8 Å². The summed E-state index contributed by atoms with van der Waals surface area (Å²) in [5, 5.41) is 10.7. The van der Waals surface area contributed by atoms with Gasteiger partial charge in [0, 0.05) is 23.9 Å². The predicted octanol–water partition coefficient (Wildman–Crippen LogP) is 7.93. The maximum absolute atomic E-state index is 13.6. The van der Waals surface area contributed by atoms with Crippen LogP contribution in [-0.4, -0.2) is 61.7 Å². The minimum atomic E-state index is -4.79. The molecule has 1 atom stereocenters. The Hall–Kier alpha value is -4.79. The first-order valence-corrected chi connectivity index (χ1v) is 17.0. The van der Waals surface area contributed by atoms with Gasteiger partial charge in [0.15, 0.2) is 11.5 Å². The van der Waals surface area contributed by atoms with E-state index in [-0.39, 0.29) is 56.2 Å². The van der Waals surface area contributed by atoms with Crippen molar-refractivity contribution in [2.45, 2.75) is 44.4 Å². The molecule has 2 aliphatic rings. The third kappa shape index (κ3) is 6.95. The first-order chi connectivity index (χ1) is 24.5. The van der Waals surface area contributed by atoms with Crippen LogP contribution in [0.2, 0.25) is 10.0 Å². The van der Waals surface area contributed by atoms with Gasteiger partial charge in [-0.1, -0.05) is 47.5 Å². The number of aryl methyl sites for hydroxylation is 1. The van der Waals surface area contributed by atoms with Crippen LogP contribution in [0.5, 0.6) is 0 Å². The summed E-state index contributed by atoms with van der Waals surface area (Å²) in [4.78, 5) is 39.4. The Balaban J connectivity index is 1.12. The zero-order valence-electron chi connectivity index (χ0n) is 27.2. The number of nitrogens with zero attached hydrogens (tertiary/aromatic N) is 6. The number of anilines is 3. The molecule has 0 radical (unpaired) electrons. The van der Waals surface area contributed by atoms with Gasteiger partial charge >= 0.3 is 12.1 Å². The molecule has 3 aromatic heterocycles. The molecular formula is C35H31Cl2F3N8O3. The number of alkyl halides is 3. The minimum Gasteiger partial charge on any atom is -0.469 e. The lowest BCUT2D eigenvalue weighted by Gasteiger charge is -2.38. The Morgan fingerprint density at radius 3 is 2.33 bits per heavy atom. The molecule has 7 rings (SSSR count). The average Bonchev–Trinajstić information content (AvgIpc) is 3.58. The highest BCUT2D eigenvalue weighted by Gasteiger charge is 2.36. The number of nitrogens with one attached hydrogen (secondary N) is 2. The molecule has 0 saturated carbocycles. The highest BCUT2D eigenvalue weighted by atomic mass is 35.5. The molecule has 1 amide bonds. The van der Waals surface area contributed by atoms with Crippen LogP contribution >= 0.6 is 23.2 Å². The molecule has 16 heteroatoms. The molecule has 0 unspecified atom stereocenters. The van der Waals surface area contributed by atoms with E-state index in [1.54, 1.807) is 36.4 Å². The quantitative estimate of drug-likeness (QED) is 0.160. The van der Waals surface area contributed by atoms with Crippen molar-refractivity contribution in [2.24, 2.45) is 5.92 Å². The molecule has 0 spiro atoms. The summed E-state index contributed by atoms with van der Waals surface area (Å²) >= 11 is 13.7. The number of methoxy groups -OCH3 is 1. The Bertz CT molecular complexity index is 2140. The number of benzene rings is 2. The fraction of sp³-hybridized carbons (Fsp3) is 0.314. The monoisotopic (exact) mass is 738 g/mol. The van der Waals surface area contributed by atoms with Crippen LogP contribution in [0.25, 0.3) is 22.2 Å². The number of hydrogen-bond acceptors (Lipinski definition) is 9. The first kappa shape index (κ1) is 34.6. The van der Waals surface area contributed by atoms with E-state index in [1.165, 1.54) is 25.4 Å². The van der Waals surface area contributed by atoms with Gasteiger partial charge in [-0.25, -0.2) is 9.97 Å². The lowest BCUT2D eigenvalue weighted by Crippen LogP contribution is -2.40. The summed E-state index contributed by atoms with van der Waals surface area (Å²) in [6.07, 6.45) is -0.0892. The van der Waals surface area contributed by atoms with Crippen LogP contribution < -0.4 is 10.6 Å².